The van der Waals surface area contributed by atoms with Crippen molar-refractivity contribution in [3.8, 4) is 5.75 Å². The van der Waals surface area contributed by atoms with E-state index in [-0.39, 0.29) is 16.6 Å². The highest BCUT2D eigenvalue weighted by Crippen LogP contribution is 2.24. The maximum Gasteiger partial charge on any atom is 0.261 e. The van der Waals surface area contributed by atoms with Gasteiger partial charge in [-0.25, -0.2) is 0 Å². The van der Waals surface area contributed by atoms with Crippen LogP contribution in [0.4, 0.5) is 5.69 Å². The first-order valence-corrected chi connectivity index (χ1v) is 11.1. The van der Waals surface area contributed by atoms with Gasteiger partial charge < -0.3 is 15.4 Å². The second-order valence-electron chi connectivity index (χ2n) is 8.50. The fourth-order valence-electron chi connectivity index (χ4n) is 2.58. The SMILES string of the molecule is CC(C)COc1ccc(Br)cc1C(=O)NC(=S)Nc1ccccc1C(=O)NC(C)(C)C. The first kappa shape index (κ1) is 24.8. The first-order chi connectivity index (χ1) is 14.5. The Kier molecular flexibility index (Phi) is 8.59. The van der Waals surface area contributed by atoms with Crippen LogP contribution in [-0.4, -0.2) is 29.1 Å². The normalized spacial score (nSPS) is 11.1. The highest BCUT2D eigenvalue weighted by atomic mass is 79.9. The zero-order valence-corrected chi connectivity index (χ0v) is 20.7. The van der Waals surface area contributed by atoms with Crippen LogP contribution >= 0.6 is 28.1 Å². The number of anilines is 1. The molecule has 31 heavy (non-hydrogen) atoms. The van der Waals surface area contributed by atoms with Gasteiger partial charge in [-0.05, 0) is 69.2 Å². The minimum Gasteiger partial charge on any atom is -0.492 e. The molecule has 0 heterocycles. The average Bonchev–Trinajstić information content (AvgIpc) is 2.65. The maximum atomic E-state index is 12.9. The molecule has 0 radical (unpaired) electrons. The van der Waals surface area contributed by atoms with Gasteiger partial charge in [-0.15, -0.1) is 0 Å². The quantitative estimate of drug-likeness (QED) is 0.473. The van der Waals surface area contributed by atoms with Crippen LogP contribution in [0.25, 0.3) is 0 Å². The molecular formula is C23H28BrN3O3S. The molecule has 0 aromatic heterocycles. The number of halogens is 1. The van der Waals surface area contributed by atoms with Crippen molar-refractivity contribution in [1.29, 1.82) is 0 Å². The van der Waals surface area contributed by atoms with E-state index in [1.165, 1.54) is 0 Å². The summed E-state index contributed by atoms with van der Waals surface area (Å²) in [5.74, 6) is 0.149. The van der Waals surface area contributed by atoms with Crippen molar-refractivity contribution < 1.29 is 14.3 Å². The summed E-state index contributed by atoms with van der Waals surface area (Å²) in [6, 6.07) is 12.2. The van der Waals surface area contributed by atoms with Gasteiger partial charge in [0.2, 0.25) is 0 Å². The molecule has 6 nitrogen and oxygen atoms in total. The molecule has 0 bridgehead atoms. The highest BCUT2D eigenvalue weighted by Gasteiger charge is 2.19. The number of para-hydroxylation sites is 1. The highest BCUT2D eigenvalue weighted by molar-refractivity contribution is 9.10. The molecule has 0 atom stereocenters. The lowest BCUT2D eigenvalue weighted by Crippen LogP contribution is -2.41. The van der Waals surface area contributed by atoms with Crippen molar-refractivity contribution in [3.63, 3.8) is 0 Å². The van der Waals surface area contributed by atoms with Crippen LogP contribution in [0.2, 0.25) is 0 Å². The van der Waals surface area contributed by atoms with Crippen LogP contribution in [0.15, 0.2) is 46.9 Å². The van der Waals surface area contributed by atoms with Gasteiger partial charge in [0.05, 0.1) is 23.4 Å². The third-order valence-electron chi connectivity index (χ3n) is 3.89. The van der Waals surface area contributed by atoms with E-state index in [1.54, 1.807) is 36.4 Å². The van der Waals surface area contributed by atoms with Crippen LogP contribution in [0, 0.1) is 5.92 Å². The molecule has 0 spiro atoms. The Balaban J connectivity index is 2.15. The molecule has 0 fully saturated rings. The Morgan fingerprint density at radius 1 is 1.06 bits per heavy atom. The van der Waals surface area contributed by atoms with Gasteiger partial charge in [0, 0.05) is 10.0 Å². The monoisotopic (exact) mass is 505 g/mol. The van der Waals surface area contributed by atoms with Gasteiger partial charge in [0.15, 0.2) is 5.11 Å². The Hall–Kier alpha value is -2.45. The standard InChI is InChI=1S/C23H28BrN3O3S/c1-14(2)13-30-19-11-10-15(24)12-17(19)20(28)26-22(31)25-18-9-7-6-8-16(18)21(29)27-23(3,4)5/h6-12,14H,13H2,1-5H3,(H,27,29)(H2,25,26,28,31). The molecule has 0 unspecified atom stereocenters. The van der Waals surface area contributed by atoms with E-state index in [2.05, 4.69) is 31.9 Å². The molecule has 3 N–H and O–H groups in total. The second-order valence-corrected chi connectivity index (χ2v) is 9.83. The number of carbonyl (C=O) groups excluding carboxylic acids is 2. The lowest BCUT2D eigenvalue weighted by atomic mass is 10.1. The van der Waals surface area contributed by atoms with Gasteiger partial charge in [0.25, 0.3) is 11.8 Å². The molecule has 2 aromatic rings. The topological polar surface area (TPSA) is 79.5 Å². The molecule has 2 amide bonds. The lowest BCUT2D eigenvalue weighted by molar-refractivity contribution is 0.0919. The number of amides is 2. The fraction of sp³-hybridized carbons (Fsp3) is 0.348. The van der Waals surface area contributed by atoms with Crippen LogP contribution in [0.5, 0.6) is 5.75 Å². The largest absolute Gasteiger partial charge is 0.492 e. The average molecular weight is 506 g/mol. The molecule has 2 rings (SSSR count). The third-order valence-corrected chi connectivity index (χ3v) is 4.59. The fourth-order valence-corrected chi connectivity index (χ4v) is 3.15. The summed E-state index contributed by atoms with van der Waals surface area (Å²) in [7, 11) is 0. The van der Waals surface area contributed by atoms with E-state index in [0.717, 1.165) is 4.47 Å². The second kappa shape index (κ2) is 10.7. The molecule has 2 aromatic carbocycles. The van der Waals surface area contributed by atoms with E-state index in [1.807, 2.05) is 40.7 Å². The van der Waals surface area contributed by atoms with Crippen molar-refractivity contribution in [2.24, 2.45) is 5.92 Å². The van der Waals surface area contributed by atoms with Crippen LogP contribution in [0.3, 0.4) is 0 Å². The number of rotatable bonds is 6. The zero-order chi connectivity index (χ0) is 23.2. The number of hydrogen-bond donors (Lipinski definition) is 3. The predicted molar refractivity (Wildman–Crippen MR) is 132 cm³/mol. The summed E-state index contributed by atoms with van der Waals surface area (Å²) in [4.78, 5) is 25.5. The maximum absolute atomic E-state index is 12.9. The van der Waals surface area contributed by atoms with E-state index in [9.17, 15) is 9.59 Å². The Labute approximate surface area is 197 Å². The number of carbonyl (C=O) groups is 2. The van der Waals surface area contributed by atoms with E-state index in [4.69, 9.17) is 17.0 Å². The summed E-state index contributed by atoms with van der Waals surface area (Å²) < 4.78 is 6.52. The molecular weight excluding hydrogens is 478 g/mol. The number of hydrogen-bond acceptors (Lipinski definition) is 4. The van der Waals surface area contributed by atoms with Gasteiger partial charge in [-0.2, -0.15) is 0 Å². The Bertz CT molecular complexity index is 971. The number of thiocarbonyl (C=S) groups is 1. The van der Waals surface area contributed by atoms with Crippen LogP contribution in [-0.2, 0) is 0 Å². The smallest absolute Gasteiger partial charge is 0.261 e. The van der Waals surface area contributed by atoms with Crippen molar-refractivity contribution in [2.45, 2.75) is 40.2 Å². The Morgan fingerprint density at radius 3 is 2.39 bits per heavy atom. The summed E-state index contributed by atoms with van der Waals surface area (Å²) in [5.41, 5.74) is 0.905. The Morgan fingerprint density at radius 2 is 1.74 bits per heavy atom. The lowest BCUT2D eigenvalue weighted by Gasteiger charge is -2.22. The van der Waals surface area contributed by atoms with Crippen molar-refractivity contribution in [3.05, 3.63) is 58.1 Å². The zero-order valence-electron chi connectivity index (χ0n) is 18.3. The first-order valence-electron chi connectivity index (χ1n) is 9.92. The molecule has 0 aliphatic heterocycles. The summed E-state index contributed by atoms with van der Waals surface area (Å²) in [6.45, 7) is 10.3. The number of ether oxygens (including phenoxy) is 1. The summed E-state index contributed by atoms with van der Waals surface area (Å²) in [6.07, 6.45) is 0. The van der Waals surface area contributed by atoms with Gasteiger partial charge >= 0.3 is 0 Å². The molecule has 0 aliphatic rings. The van der Waals surface area contributed by atoms with Crippen molar-refractivity contribution in [1.82, 2.24) is 10.6 Å². The summed E-state index contributed by atoms with van der Waals surface area (Å²) in [5, 5.41) is 8.61. The minimum absolute atomic E-state index is 0.0794. The van der Waals surface area contributed by atoms with E-state index >= 15 is 0 Å². The minimum atomic E-state index is -0.408. The van der Waals surface area contributed by atoms with Gasteiger partial charge in [-0.1, -0.05) is 41.9 Å². The van der Waals surface area contributed by atoms with Gasteiger partial charge in [-0.3, -0.25) is 14.9 Å². The van der Waals surface area contributed by atoms with E-state index < -0.39 is 5.91 Å². The number of benzene rings is 2. The number of nitrogens with one attached hydrogen (secondary N) is 3. The summed E-state index contributed by atoms with van der Waals surface area (Å²) >= 11 is 8.71. The predicted octanol–water partition coefficient (Wildman–Crippen LogP) is 5.14. The molecule has 0 saturated carbocycles. The van der Waals surface area contributed by atoms with Crippen molar-refractivity contribution >= 4 is 50.8 Å². The van der Waals surface area contributed by atoms with E-state index in [0.29, 0.717) is 35.1 Å². The molecule has 8 heteroatoms. The van der Waals surface area contributed by atoms with Gasteiger partial charge in [0.1, 0.15) is 5.75 Å². The third kappa shape index (κ3) is 7.95. The van der Waals surface area contributed by atoms with Crippen LogP contribution in [0.1, 0.15) is 55.3 Å². The molecule has 166 valence electrons. The van der Waals surface area contributed by atoms with Crippen LogP contribution < -0.4 is 20.7 Å². The molecule has 0 saturated heterocycles. The van der Waals surface area contributed by atoms with Crippen molar-refractivity contribution in [2.75, 3.05) is 11.9 Å². The molecule has 0 aliphatic carbocycles.